The van der Waals surface area contributed by atoms with E-state index >= 15 is 0 Å². The fraction of sp³-hybridized carbons (Fsp3) is 0.154. The van der Waals surface area contributed by atoms with Crippen LogP contribution in [0, 0.1) is 12.7 Å². The highest BCUT2D eigenvalue weighted by atomic mass is 19.1. The fourth-order valence-electron chi connectivity index (χ4n) is 1.56. The molecule has 1 heterocycles. The smallest absolute Gasteiger partial charge is 0.149 e. The van der Waals surface area contributed by atoms with Gasteiger partial charge in [-0.15, -0.1) is 0 Å². The van der Waals surface area contributed by atoms with Gasteiger partial charge >= 0.3 is 0 Å². The van der Waals surface area contributed by atoms with Crippen LogP contribution in [0.25, 0.3) is 11.3 Å². The number of pyridine rings is 1. The largest absolute Gasteiger partial charge is 0.392 e. The first-order chi connectivity index (χ1) is 7.70. The normalized spacial score (nSPS) is 10.4. The molecule has 0 amide bonds. The summed E-state index contributed by atoms with van der Waals surface area (Å²) in [6.07, 6.45) is 1.63. The van der Waals surface area contributed by atoms with Crippen LogP contribution in [0.1, 0.15) is 11.1 Å². The van der Waals surface area contributed by atoms with Crippen molar-refractivity contribution in [2.75, 3.05) is 0 Å². The van der Waals surface area contributed by atoms with Gasteiger partial charge in [-0.3, -0.25) is 4.98 Å². The Kier molecular flexibility index (Phi) is 2.97. The zero-order valence-electron chi connectivity index (χ0n) is 8.94. The van der Waals surface area contributed by atoms with E-state index in [0.717, 1.165) is 11.1 Å². The molecular formula is C13H12FNO. The van der Waals surface area contributed by atoms with Crippen molar-refractivity contribution in [3.8, 4) is 11.3 Å². The Labute approximate surface area is 93.4 Å². The van der Waals surface area contributed by atoms with Crippen LogP contribution in [-0.4, -0.2) is 10.1 Å². The summed E-state index contributed by atoms with van der Waals surface area (Å²) in [6, 6.07) is 8.53. The molecule has 16 heavy (non-hydrogen) atoms. The van der Waals surface area contributed by atoms with Gasteiger partial charge in [0.2, 0.25) is 0 Å². The van der Waals surface area contributed by atoms with E-state index in [1.165, 1.54) is 6.07 Å². The van der Waals surface area contributed by atoms with Gasteiger partial charge in [-0.05, 0) is 30.2 Å². The van der Waals surface area contributed by atoms with E-state index in [1.807, 2.05) is 0 Å². The number of rotatable bonds is 2. The van der Waals surface area contributed by atoms with Crippen LogP contribution in [-0.2, 0) is 6.61 Å². The molecule has 1 N–H and O–H groups in total. The molecule has 2 rings (SSSR count). The summed E-state index contributed by atoms with van der Waals surface area (Å²) in [5, 5.41) is 9.01. The lowest BCUT2D eigenvalue weighted by atomic mass is 10.1. The van der Waals surface area contributed by atoms with Crippen molar-refractivity contribution in [2.24, 2.45) is 0 Å². The number of aryl methyl sites for hydroxylation is 1. The summed E-state index contributed by atoms with van der Waals surface area (Å²) in [5.74, 6) is -0.338. The summed E-state index contributed by atoms with van der Waals surface area (Å²) < 4.78 is 13.6. The lowest BCUT2D eigenvalue weighted by Gasteiger charge is -2.04. The van der Waals surface area contributed by atoms with Crippen molar-refractivity contribution in [1.82, 2.24) is 4.98 Å². The number of nitrogens with zero attached hydrogens (tertiary/aromatic N) is 1. The number of aromatic nitrogens is 1. The molecule has 0 unspecified atom stereocenters. The fourth-order valence-corrected chi connectivity index (χ4v) is 1.56. The number of benzene rings is 1. The molecule has 0 fully saturated rings. The van der Waals surface area contributed by atoms with Crippen LogP contribution < -0.4 is 0 Å². The number of halogens is 1. The molecule has 0 aliphatic rings. The summed E-state index contributed by atoms with van der Waals surface area (Å²) >= 11 is 0. The molecular weight excluding hydrogens is 205 g/mol. The highest BCUT2D eigenvalue weighted by molar-refractivity contribution is 5.60. The maximum atomic E-state index is 13.6. The molecule has 2 nitrogen and oxygen atoms in total. The van der Waals surface area contributed by atoms with Gasteiger partial charge < -0.3 is 5.11 Å². The predicted octanol–water partition coefficient (Wildman–Crippen LogP) is 2.69. The van der Waals surface area contributed by atoms with Gasteiger partial charge in [-0.2, -0.15) is 0 Å². The number of aliphatic hydroxyl groups is 1. The maximum absolute atomic E-state index is 13.6. The Morgan fingerprint density at radius 1 is 1.31 bits per heavy atom. The van der Waals surface area contributed by atoms with Crippen molar-refractivity contribution in [1.29, 1.82) is 0 Å². The second kappa shape index (κ2) is 4.41. The third-order valence-corrected chi connectivity index (χ3v) is 2.36. The summed E-state index contributed by atoms with van der Waals surface area (Å²) in [5.41, 5.74) is 2.55. The van der Waals surface area contributed by atoms with Gasteiger partial charge in [0.05, 0.1) is 6.61 Å². The molecule has 0 aliphatic carbocycles. The van der Waals surface area contributed by atoms with E-state index in [4.69, 9.17) is 5.11 Å². The first-order valence-electron chi connectivity index (χ1n) is 5.03. The zero-order chi connectivity index (χ0) is 11.5. The van der Waals surface area contributed by atoms with Gasteiger partial charge in [-0.1, -0.05) is 18.2 Å². The highest BCUT2D eigenvalue weighted by Gasteiger charge is 2.07. The van der Waals surface area contributed by atoms with Crippen molar-refractivity contribution >= 4 is 0 Å². The van der Waals surface area contributed by atoms with Crippen LogP contribution in [0.5, 0.6) is 0 Å². The van der Waals surface area contributed by atoms with Gasteiger partial charge in [0.15, 0.2) is 0 Å². The van der Waals surface area contributed by atoms with E-state index in [0.29, 0.717) is 11.3 Å². The molecule has 2 aromatic rings. The Morgan fingerprint density at radius 3 is 2.81 bits per heavy atom. The van der Waals surface area contributed by atoms with E-state index in [2.05, 4.69) is 4.98 Å². The SMILES string of the molecule is Cc1cnc(-c2cccc(CO)c2)c(F)c1. The van der Waals surface area contributed by atoms with Crippen molar-refractivity contribution in [3.05, 3.63) is 53.5 Å². The van der Waals surface area contributed by atoms with E-state index in [9.17, 15) is 4.39 Å². The lowest BCUT2D eigenvalue weighted by Crippen LogP contribution is -1.92. The molecule has 3 heteroatoms. The molecule has 1 aromatic heterocycles. The minimum atomic E-state index is -0.338. The first-order valence-corrected chi connectivity index (χ1v) is 5.03. The van der Waals surface area contributed by atoms with Crippen molar-refractivity contribution in [3.63, 3.8) is 0 Å². The molecule has 0 radical (unpaired) electrons. The van der Waals surface area contributed by atoms with Crippen molar-refractivity contribution < 1.29 is 9.50 Å². The molecule has 0 saturated heterocycles. The van der Waals surface area contributed by atoms with Gasteiger partial charge in [0, 0.05) is 11.8 Å². The first kappa shape index (κ1) is 10.8. The van der Waals surface area contributed by atoms with Gasteiger partial charge in [0.25, 0.3) is 0 Å². The predicted molar refractivity (Wildman–Crippen MR) is 60.3 cm³/mol. The number of hydrogen-bond acceptors (Lipinski definition) is 2. The minimum Gasteiger partial charge on any atom is -0.392 e. The Bertz CT molecular complexity index is 511. The Morgan fingerprint density at radius 2 is 2.12 bits per heavy atom. The van der Waals surface area contributed by atoms with E-state index < -0.39 is 0 Å². The van der Waals surface area contributed by atoms with E-state index in [1.54, 1.807) is 37.4 Å². The molecule has 0 spiro atoms. The average Bonchev–Trinajstić information content (AvgIpc) is 2.29. The third-order valence-electron chi connectivity index (χ3n) is 2.36. The maximum Gasteiger partial charge on any atom is 0.149 e. The minimum absolute atomic E-state index is 0.0542. The standard InChI is InChI=1S/C13H12FNO/c1-9-5-12(14)13(15-7-9)11-4-2-3-10(6-11)8-16/h2-7,16H,8H2,1H3. The number of hydrogen-bond donors (Lipinski definition) is 1. The molecule has 1 aromatic carbocycles. The highest BCUT2D eigenvalue weighted by Crippen LogP contribution is 2.21. The third kappa shape index (κ3) is 2.09. The number of aliphatic hydroxyl groups excluding tert-OH is 1. The van der Waals surface area contributed by atoms with Crippen LogP contribution >= 0.6 is 0 Å². The molecule has 0 atom stereocenters. The second-order valence-corrected chi connectivity index (χ2v) is 3.70. The summed E-state index contributed by atoms with van der Waals surface area (Å²) in [4.78, 5) is 4.07. The van der Waals surface area contributed by atoms with Crippen LogP contribution in [0.2, 0.25) is 0 Å². The molecule has 0 bridgehead atoms. The molecule has 0 saturated carbocycles. The Hall–Kier alpha value is -1.74. The summed E-state index contributed by atoms with van der Waals surface area (Å²) in [6.45, 7) is 1.74. The molecule has 82 valence electrons. The quantitative estimate of drug-likeness (QED) is 0.839. The lowest BCUT2D eigenvalue weighted by molar-refractivity contribution is 0.282. The van der Waals surface area contributed by atoms with Gasteiger partial charge in [-0.25, -0.2) is 4.39 Å². The molecule has 0 aliphatic heterocycles. The van der Waals surface area contributed by atoms with Crippen molar-refractivity contribution in [2.45, 2.75) is 13.5 Å². The monoisotopic (exact) mass is 217 g/mol. The second-order valence-electron chi connectivity index (χ2n) is 3.70. The van der Waals surface area contributed by atoms with E-state index in [-0.39, 0.29) is 12.4 Å². The van der Waals surface area contributed by atoms with Crippen LogP contribution in [0.4, 0.5) is 4.39 Å². The Balaban J connectivity index is 2.49. The zero-order valence-corrected chi connectivity index (χ0v) is 8.94. The topological polar surface area (TPSA) is 33.1 Å². The summed E-state index contributed by atoms with van der Waals surface area (Å²) in [7, 11) is 0. The van der Waals surface area contributed by atoms with Crippen LogP contribution in [0.3, 0.4) is 0 Å². The van der Waals surface area contributed by atoms with Gasteiger partial charge in [0.1, 0.15) is 11.5 Å². The average molecular weight is 217 g/mol. The van der Waals surface area contributed by atoms with Crippen LogP contribution in [0.15, 0.2) is 36.5 Å².